The number of fused-ring (bicyclic) bond motifs is 1. The number of H-pyrrole nitrogens is 1. The number of nitrogens with two attached hydrogens (primary N) is 1. The number of anilines is 2. The van der Waals surface area contributed by atoms with Crippen molar-refractivity contribution in [3.05, 3.63) is 81.1 Å². The Kier molecular flexibility index (Phi) is 4.40. The number of nitrogens with one attached hydrogen (secondary N) is 1. The van der Waals surface area contributed by atoms with Crippen molar-refractivity contribution in [2.45, 2.75) is 20.4 Å². The maximum Gasteiger partial charge on any atom is 0.259 e. The zero-order valence-corrected chi connectivity index (χ0v) is 16.8. The van der Waals surface area contributed by atoms with Crippen molar-refractivity contribution in [1.82, 2.24) is 4.98 Å². The first-order chi connectivity index (χ1) is 12.9. The number of rotatable bonds is 3. The number of hydrogen-bond donors (Lipinski definition) is 2. The van der Waals surface area contributed by atoms with Crippen LogP contribution >= 0.6 is 15.9 Å². The van der Waals surface area contributed by atoms with E-state index >= 15 is 0 Å². The molecule has 0 radical (unpaired) electrons. The first kappa shape index (κ1) is 17.6. The summed E-state index contributed by atoms with van der Waals surface area (Å²) >= 11 is 3.50. The second-order valence-corrected chi connectivity index (χ2v) is 7.82. The van der Waals surface area contributed by atoms with Gasteiger partial charge in [-0.2, -0.15) is 0 Å². The minimum Gasteiger partial charge on any atom is -0.399 e. The Balaban J connectivity index is 1.79. The maximum atomic E-state index is 13.3. The van der Waals surface area contributed by atoms with Gasteiger partial charge in [-0.15, -0.1) is 0 Å². The normalized spacial score (nSPS) is 14.9. The van der Waals surface area contributed by atoms with Crippen molar-refractivity contribution in [1.29, 1.82) is 0 Å². The number of nitrogen functional groups attached to an aromatic ring is 1. The highest BCUT2D eigenvalue weighted by molar-refractivity contribution is 9.10. The number of aryl methyl sites for hydroxylation is 2. The molecule has 0 aliphatic carbocycles. The van der Waals surface area contributed by atoms with Gasteiger partial charge in [-0.25, -0.2) is 0 Å². The van der Waals surface area contributed by atoms with E-state index in [1.54, 1.807) is 0 Å². The molecule has 4 nitrogen and oxygen atoms in total. The standard InChI is InChI=1S/C22H20BrN3O/c1-13-8-14(2)25-20(13)11-19-18-10-17(24)6-7-21(18)26(22(19)27)12-15-4-3-5-16(23)9-15/h3-11,25H,12,24H2,1-2H3/b19-11-. The topological polar surface area (TPSA) is 62.1 Å². The number of carbonyl (C=O) groups is 1. The number of hydrogen-bond acceptors (Lipinski definition) is 2. The van der Waals surface area contributed by atoms with Gasteiger partial charge in [0.1, 0.15) is 0 Å². The van der Waals surface area contributed by atoms with Gasteiger partial charge in [-0.1, -0.05) is 28.1 Å². The summed E-state index contributed by atoms with van der Waals surface area (Å²) in [7, 11) is 0. The molecular weight excluding hydrogens is 402 g/mol. The van der Waals surface area contributed by atoms with Crippen LogP contribution in [0.25, 0.3) is 11.6 Å². The fraction of sp³-hybridized carbons (Fsp3) is 0.136. The Bertz CT molecular complexity index is 1080. The van der Waals surface area contributed by atoms with Gasteiger partial charge in [0, 0.05) is 27.1 Å². The molecule has 0 fully saturated rings. The molecule has 3 N–H and O–H groups in total. The molecule has 4 rings (SSSR count). The van der Waals surface area contributed by atoms with Crippen molar-refractivity contribution < 1.29 is 4.79 Å². The molecule has 1 aliphatic rings. The third-order valence-corrected chi connectivity index (χ3v) is 5.28. The van der Waals surface area contributed by atoms with Crippen LogP contribution in [0.5, 0.6) is 0 Å². The zero-order chi connectivity index (χ0) is 19.1. The summed E-state index contributed by atoms with van der Waals surface area (Å²) in [5.74, 6) is -0.0118. The van der Waals surface area contributed by atoms with Gasteiger partial charge in [0.25, 0.3) is 5.91 Å². The molecule has 0 bridgehead atoms. The van der Waals surface area contributed by atoms with Crippen LogP contribution in [0.1, 0.15) is 28.1 Å². The third kappa shape index (κ3) is 3.30. The first-order valence-electron chi connectivity index (χ1n) is 8.76. The van der Waals surface area contributed by atoms with E-state index in [1.807, 2.05) is 67.3 Å². The zero-order valence-electron chi connectivity index (χ0n) is 15.2. The summed E-state index contributed by atoms with van der Waals surface area (Å²) in [4.78, 5) is 18.4. The van der Waals surface area contributed by atoms with Crippen molar-refractivity contribution in [3.63, 3.8) is 0 Å². The van der Waals surface area contributed by atoms with Crippen molar-refractivity contribution >= 4 is 44.9 Å². The van der Waals surface area contributed by atoms with Gasteiger partial charge in [-0.3, -0.25) is 4.79 Å². The minimum atomic E-state index is -0.0118. The van der Waals surface area contributed by atoms with Crippen molar-refractivity contribution in [2.24, 2.45) is 0 Å². The molecule has 2 aromatic carbocycles. The van der Waals surface area contributed by atoms with Crippen LogP contribution in [0.2, 0.25) is 0 Å². The Morgan fingerprint density at radius 3 is 2.67 bits per heavy atom. The van der Waals surface area contributed by atoms with Gasteiger partial charge in [-0.05, 0) is 67.4 Å². The highest BCUT2D eigenvalue weighted by Gasteiger charge is 2.32. The minimum absolute atomic E-state index is 0.0118. The average molecular weight is 422 g/mol. The van der Waals surface area contributed by atoms with Crippen LogP contribution in [0, 0.1) is 13.8 Å². The second kappa shape index (κ2) is 6.74. The summed E-state index contributed by atoms with van der Waals surface area (Å²) in [6, 6.07) is 15.7. The predicted octanol–water partition coefficient (Wildman–Crippen LogP) is 5.06. The van der Waals surface area contributed by atoms with Crippen LogP contribution in [0.4, 0.5) is 11.4 Å². The largest absolute Gasteiger partial charge is 0.399 e. The fourth-order valence-electron chi connectivity index (χ4n) is 3.53. The summed E-state index contributed by atoms with van der Waals surface area (Å²) in [6.07, 6.45) is 1.93. The number of aromatic nitrogens is 1. The van der Waals surface area contributed by atoms with Gasteiger partial charge < -0.3 is 15.6 Å². The van der Waals surface area contributed by atoms with Gasteiger partial charge >= 0.3 is 0 Å². The number of nitrogens with zero attached hydrogens (tertiary/aromatic N) is 1. The summed E-state index contributed by atoms with van der Waals surface area (Å²) < 4.78 is 0.998. The molecule has 3 aromatic rings. The molecule has 27 heavy (non-hydrogen) atoms. The highest BCUT2D eigenvalue weighted by atomic mass is 79.9. The second-order valence-electron chi connectivity index (χ2n) is 6.90. The van der Waals surface area contributed by atoms with Crippen molar-refractivity contribution in [3.8, 4) is 0 Å². The monoisotopic (exact) mass is 421 g/mol. The van der Waals surface area contributed by atoms with Crippen LogP contribution in [0.3, 0.4) is 0 Å². The molecule has 5 heteroatoms. The van der Waals surface area contributed by atoms with E-state index in [-0.39, 0.29) is 5.91 Å². The SMILES string of the molecule is Cc1cc(C)c(/C=C2\C(=O)N(Cc3cccc(Br)c3)c3ccc(N)cc32)[nH]1. The Morgan fingerprint density at radius 1 is 1.15 bits per heavy atom. The lowest BCUT2D eigenvalue weighted by Crippen LogP contribution is -2.25. The molecule has 1 aromatic heterocycles. The number of aromatic amines is 1. The smallest absolute Gasteiger partial charge is 0.259 e. The quantitative estimate of drug-likeness (QED) is 0.458. The first-order valence-corrected chi connectivity index (χ1v) is 9.56. The molecule has 0 atom stereocenters. The number of benzene rings is 2. The van der Waals surface area contributed by atoms with Crippen molar-refractivity contribution in [2.75, 3.05) is 10.6 Å². The van der Waals surface area contributed by atoms with Gasteiger partial charge in [0.2, 0.25) is 0 Å². The van der Waals surface area contributed by atoms with Crippen LogP contribution in [-0.2, 0) is 11.3 Å². The van der Waals surface area contributed by atoms with E-state index < -0.39 is 0 Å². The van der Waals surface area contributed by atoms with E-state index in [9.17, 15) is 4.79 Å². The van der Waals surface area contributed by atoms with Crippen LogP contribution < -0.4 is 10.6 Å². The molecule has 1 aliphatic heterocycles. The molecule has 0 spiro atoms. The van der Waals surface area contributed by atoms with E-state index in [4.69, 9.17) is 5.73 Å². The summed E-state index contributed by atoms with van der Waals surface area (Å²) in [6.45, 7) is 4.56. The molecule has 2 heterocycles. The summed E-state index contributed by atoms with van der Waals surface area (Å²) in [5, 5.41) is 0. The number of halogens is 1. The predicted molar refractivity (Wildman–Crippen MR) is 114 cm³/mol. The molecule has 0 saturated carbocycles. The van der Waals surface area contributed by atoms with E-state index in [2.05, 4.69) is 27.0 Å². The van der Waals surface area contributed by atoms with E-state index in [0.717, 1.165) is 38.2 Å². The summed E-state index contributed by atoms with van der Waals surface area (Å²) in [5.41, 5.74) is 13.3. The lowest BCUT2D eigenvalue weighted by atomic mass is 10.0. The Labute approximate surface area is 166 Å². The molecule has 0 unspecified atom stereocenters. The number of amides is 1. The fourth-order valence-corrected chi connectivity index (χ4v) is 3.98. The maximum absolute atomic E-state index is 13.3. The van der Waals surface area contributed by atoms with Crippen LogP contribution in [-0.4, -0.2) is 10.9 Å². The average Bonchev–Trinajstić information content (AvgIpc) is 3.06. The molecule has 136 valence electrons. The van der Waals surface area contributed by atoms with E-state index in [0.29, 0.717) is 17.8 Å². The molecule has 0 saturated heterocycles. The third-order valence-electron chi connectivity index (χ3n) is 4.79. The molecule has 1 amide bonds. The number of carbonyl (C=O) groups excluding carboxylic acids is 1. The van der Waals surface area contributed by atoms with Gasteiger partial charge in [0.15, 0.2) is 0 Å². The van der Waals surface area contributed by atoms with Gasteiger partial charge in [0.05, 0.1) is 17.8 Å². The Morgan fingerprint density at radius 2 is 1.96 bits per heavy atom. The lowest BCUT2D eigenvalue weighted by molar-refractivity contribution is -0.113. The van der Waals surface area contributed by atoms with E-state index in [1.165, 1.54) is 0 Å². The Hall–Kier alpha value is -2.79. The molecular formula is C22H20BrN3O. The highest BCUT2D eigenvalue weighted by Crippen LogP contribution is 2.40. The van der Waals surface area contributed by atoms with Crippen LogP contribution in [0.15, 0.2) is 53.0 Å². The lowest BCUT2D eigenvalue weighted by Gasteiger charge is -2.17.